The third kappa shape index (κ3) is 4.94. The third-order valence-corrected chi connectivity index (χ3v) is 6.17. The highest BCUT2D eigenvalue weighted by Gasteiger charge is 2.24. The maximum absolute atomic E-state index is 13.9. The van der Waals surface area contributed by atoms with Gasteiger partial charge in [0.15, 0.2) is 4.90 Å². The molecule has 11 heteroatoms. The maximum atomic E-state index is 13.9. The SMILES string of the molecule is Cc1cc(Nc2ccc(NS(=O)(=O)c3c(F)cccc3F)cc2)nc(N2CCOCC2)n1. The Morgan fingerprint density at radius 1 is 0.969 bits per heavy atom. The standard InChI is InChI=1S/C21H21F2N5O3S/c1-14-13-19(26-21(24-14)28-9-11-31-12-10-28)25-15-5-7-16(8-6-15)27-32(29,30)20-17(22)3-2-4-18(20)23/h2-8,13,27H,9-12H2,1H3,(H,24,25,26). The second-order valence-corrected chi connectivity index (χ2v) is 8.77. The Kier molecular flexibility index (Phi) is 6.19. The van der Waals surface area contributed by atoms with Crippen LogP contribution in [0.4, 0.5) is 31.9 Å². The normalized spacial score (nSPS) is 14.3. The third-order valence-electron chi connectivity index (χ3n) is 4.73. The number of ether oxygens (including phenoxy) is 1. The molecule has 0 atom stereocenters. The number of benzene rings is 2. The second-order valence-electron chi connectivity index (χ2n) is 7.15. The van der Waals surface area contributed by atoms with Crippen LogP contribution in [0.5, 0.6) is 0 Å². The molecular formula is C21H21F2N5O3S. The van der Waals surface area contributed by atoms with Crippen LogP contribution < -0.4 is 14.9 Å². The molecule has 3 aromatic rings. The average molecular weight is 461 g/mol. The molecule has 8 nitrogen and oxygen atoms in total. The topological polar surface area (TPSA) is 96.5 Å². The molecule has 0 radical (unpaired) electrons. The monoisotopic (exact) mass is 461 g/mol. The molecule has 2 heterocycles. The van der Waals surface area contributed by atoms with Crippen LogP contribution in [0.2, 0.25) is 0 Å². The highest BCUT2D eigenvalue weighted by molar-refractivity contribution is 7.92. The first-order chi connectivity index (χ1) is 15.3. The van der Waals surface area contributed by atoms with E-state index < -0.39 is 26.6 Å². The minimum absolute atomic E-state index is 0.158. The molecule has 1 fully saturated rings. The number of hydrogen-bond acceptors (Lipinski definition) is 7. The van der Waals surface area contributed by atoms with E-state index in [4.69, 9.17) is 4.74 Å². The van der Waals surface area contributed by atoms with Gasteiger partial charge < -0.3 is 15.0 Å². The lowest BCUT2D eigenvalue weighted by atomic mass is 10.3. The minimum Gasteiger partial charge on any atom is -0.378 e. The van der Waals surface area contributed by atoms with E-state index in [1.165, 1.54) is 12.1 Å². The van der Waals surface area contributed by atoms with Crippen LogP contribution in [0, 0.1) is 18.6 Å². The van der Waals surface area contributed by atoms with Gasteiger partial charge in [-0.15, -0.1) is 0 Å². The van der Waals surface area contributed by atoms with Gasteiger partial charge in [-0.05, 0) is 43.3 Å². The van der Waals surface area contributed by atoms with E-state index in [9.17, 15) is 17.2 Å². The molecule has 0 amide bonds. The summed E-state index contributed by atoms with van der Waals surface area (Å²) in [6, 6.07) is 10.9. The van der Waals surface area contributed by atoms with Crippen LogP contribution in [-0.4, -0.2) is 44.7 Å². The lowest BCUT2D eigenvalue weighted by Gasteiger charge is -2.27. The molecule has 0 saturated carbocycles. The molecule has 2 N–H and O–H groups in total. The Morgan fingerprint density at radius 2 is 1.59 bits per heavy atom. The maximum Gasteiger partial charge on any atom is 0.267 e. The lowest BCUT2D eigenvalue weighted by Crippen LogP contribution is -2.37. The molecule has 1 saturated heterocycles. The highest BCUT2D eigenvalue weighted by atomic mass is 32.2. The molecular weight excluding hydrogens is 440 g/mol. The van der Waals surface area contributed by atoms with Crippen molar-refractivity contribution in [2.45, 2.75) is 11.8 Å². The number of rotatable bonds is 6. The van der Waals surface area contributed by atoms with Gasteiger partial charge in [0, 0.05) is 36.2 Å². The first kappa shape index (κ1) is 21.9. The van der Waals surface area contributed by atoms with Gasteiger partial charge in [-0.1, -0.05) is 6.07 Å². The highest BCUT2D eigenvalue weighted by Crippen LogP contribution is 2.24. The van der Waals surface area contributed by atoms with Gasteiger partial charge in [0.25, 0.3) is 10.0 Å². The predicted molar refractivity (Wildman–Crippen MR) is 117 cm³/mol. The fourth-order valence-electron chi connectivity index (χ4n) is 3.24. The number of anilines is 4. The van der Waals surface area contributed by atoms with Crippen LogP contribution in [0.15, 0.2) is 53.4 Å². The number of morpholine rings is 1. The van der Waals surface area contributed by atoms with E-state index in [1.54, 1.807) is 18.2 Å². The molecule has 1 aliphatic heterocycles. The molecule has 168 valence electrons. The van der Waals surface area contributed by atoms with E-state index in [-0.39, 0.29) is 5.69 Å². The van der Waals surface area contributed by atoms with Crippen molar-refractivity contribution >= 4 is 33.2 Å². The Bertz CT molecular complexity index is 1200. The predicted octanol–water partition coefficient (Wildman–Crippen LogP) is 3.44. The van der Waals surface area contributed by atoms with Gasteiger partial charge >= 0.3 is 0 Å². The molecule has 0 bridgehead atoms. The molecule has 4 rings (SSSR count). The van der Waals surface area contributed by atoms with E-state index in [1.807, 2.05) is 11.8 Å². The molecule has 0 aliphatic carbocycles. The first-order valence-corrected chi connectivity index (χ1v) is 11.3. The molecule has 0 unspecified atom stereocenters. The van der Waals surface area contributed by atoms with Gasteiger partial charge in [0.05, 0.1) is 13.2 Å². The fourth-order valence-corrected chi connectivity index (χ4v) is 4.43. The molecule has 0 spiro atoms. The quantitative estimate of drug-likeness (QED) is 0.581. The van der Waals surface area contributed by atoms with Gasteiger partial charge in [0.2, 0.25) is 5.95 Å². The fraction of sp³-hybridized carbons (Fsp3) is 0.238. The summed E-state index contributed by atoms with van der Waals surface area (Å²) in [5, 5.41) is 3.16. The number of hydrogen-bond donors (Lipinski definition) is 2. The summed E-state index contributed by atoms with van der Waals surface area (Å²) < 4.78 is 60.1. The van der Waals surface area contributed by atoms with Crippen molar-refractivity contribution in [3.05, 3.63) is 65.9 Å². The second kappa shape index (κ2) is 9.05. The van der Waals surface area contributed by atoms with Crippen molar-refractivity contribution in [2.24, 2.45) is 0 Å². The first-order valence-electron chi connectivity index (χ1n) is 9.84. The number of aromatic nitrogens is 2. The van der Waals surface area contributed by atoms with Gasteiger partial charge in [-0.3, -0.25) is 4.72 Å². The average Bonchev–Trinajstić information content (AvgIpc) is 2.75. The van der Waals surface area contributed by atoms with Crippen molar-refractivity contribution in [1.82, 2.24) is 9.97 Å². The minimum atomic E-state index is -4.43. The Labute approximate surface area is 184 Å². The summed E-state index contributed by atoms with van der Waals surface area (Å²) in [7, 11) is -4.43. The van der Waals surface area contributed by atoms with Crippen LogP contribution in [0.3, 0.4) is 0 Å². The summed E-state index contributed by atoms with van der Waals surface area (Å²) >= 11 is 0. The van der Waals surface area contributed by atoms with Crippen molar-refractivity contribution in [2.75, 3.05) is 41.2 Å². The van der Waals surface area contributed by atoms with Crippen LogP contribution in [-0.2, 0) is 14.8 Å². The van der Waals surface area contributed by atoms with Crippen molar-refractivity contribution < 1.29 is 21.9 Å². The summed E-state index contributed by atoms with van der Waals surface area (Å²) in [5.74, 6) is -1.13. The van der Waals surface area contributed by atoms with Crippen LogP contribution >= 0.6 is 0 Å². The number of nitrogens with one attached hydrogen (secondary N) is 2. The Balaban J connectivity index is 1.49. The zero-order valence-corrected chi connectivity index (χ0v) is 18.0. The van der Waals surface area contributed by atoms with Crippen molar-refractivity contribution in [3.63, 3.8) is 0 Å². The number of halogens is 2. The van der Waals surface area contributed by atoms with E-state index in [0.717, 1.165) is 23.9 Å². The number of aryl methyl sites for hydroxylation is 1. The van der Waals surface area contributed by atoms with Gasteiger partial charge in [-0.25, -0.2) is 22.2 Å². The van der Waals surface area contributed by atoms with Gasteiger partial charge in [-0.2, -0.15) is 4.98 Å². The molecule has 32 heavy (non-hydrogen) atoms. The van der Waals surface area contributed by atoms with Gasteiger partial charge in [0.1, 0.15) is 17.5 Å². The Hall–Kier alpha value is -3.31. The van der Waals surface area contributed by atoms with Crippen molar-refractivity contribution in [3.8, 4) is 0 Å². The van der Waals surface area contributed by atoms with Crippen LogP contribution in [0.25, 0.3) is 0 Å². The van der Waals surface area contributed by atoms with E-state index >= 15 is 0 Å². The zero-order chi connectivity index (χ0) is 22.7. The summed E-state index contributed by atoms with van der Waals surface area (Å²) in [6.07, 6.45) is 0. The smallest absolute Gasteiger partial charge is 0.267 e. The van der Waals surface area contributed by atoms with E-state index in [0.29, 0.717) is 43.8 Å². The lowest BCUT2D eigenvalue weighted by molar-refractivity contribution is 0.122. The largest absolute Gasteiger partial charge is 0.378 e. The van der Waals surface area contributed by atoms with Crippen LogP contribution in [0.1, 0.15) is 5.69 Å². The summed E-state index contributed by atoms with van der Waals surface area (Å²) in [5.41, 5.74) is 1.60. The van der Waals surface area contributed by atoms with E-state index in [2.05, 4.69) is 20.0 Å². The summed E-state index contributed by atoms with van der Waals surface area (Å²) in [6.45, 7) is 4.53. The van der Waals surface area contributed by atoms with Crippen molar-refractivity contribution in [1.29, 1.82) is 0 Å². The Morgan fingerprint density at radius 3 is 2.25 bits per heavy atom. The molecule has 1 aromatic heterocycles. The summed E-state index contributed by atoms with van der Waals surface area (Å²) in [4.78, 5) is 10.0. The zero-order valence-electron chi connectivity index (χ0n) is 17.2. The number of sulfonamides is 1. The molecule has 1 aliphatic rings. The number of nitrogens with zero attached hydrogens (tertiary/aromatic N) is 3. The molecule has 2 aromatic carbocycles.